The molecule has 0 spiro atoms. The van der Waals surface area contributed by atoms with Crippen LogP contribution in [0.2, 0.25) is 0 Å². The number of likely N-dealkylation sites (N-methyl/N-ethyl adjacent to an activating group) is 1. The van der Waals surface area contributed by atoms with Gasteiger partial charge < -0.3 is 10.2 Å². The van der Waals surface area contributed by atoms with Crippen LogP contribution in [-0.4, -0.2) is 41.8 Å². The maximum atomic E-state index is 4.17. The van der Waals surface area contributed by atoms with Crippen molar-refractivity contribution in [2.45, 2.75) is 27.3 Å². The first-order valence-corrected chi connectivity index (χ1v) is 5.54. The number of aryl methyl sites for hydroxylation is 2. The highest BCUT2D eigenvalue weighted by atomic mass is 15.1. The van der Waals surface area contributed by atoms with E-state index in [2.05, 4.69) is 41.3 Å². The van der Waals surface area contributed by atoms with Gasteiger partial charge in [0.2, 0.25) is 0 Å². The molecular weight excluding hydrogens is 188 g/mol. The summed E-state index contributed by atoms with van der Waals surface area (Å²) in [5, 5.41) is 10.6. The molecule has 0 aliphatic carbocycles. The first kappa shape index (κ1) is 12.2. The lowest BCUT2D eigenvalue weighted by atomic mass is 10.2. The molecular formula is C11H22N4. The van der Waals surface area contributed by atoms with Crippen LogP contribution in [-0.2, 0) is 6.54 Å². The average Bonchev–Trinajstić information content (AvgIpc) is 2.54. The Hall–Kier alpha value is -0.870. The topological polar surface area (TPSA) is 44.0 Å². The first-order chi connectivity index (χ1) is 7.15. The minimum absolute atomic E-state index is 0.908. The fourth-order valence-electron chi connectivity index (χ4n) is 1.48. The molecule has 0 aliphatic rings. The lowest BCUT2D eigenvalue weighted by Crippen LogP contribution is -2.28. The highest BCUT2D eigenvalue weighted by molar-refractivity contribution is 5.22. The van der Waals surface area contributed by atoms with Crippen LogP contribution in [0.3, 0.4) is 0 Å². The Morgan fingerprint density at radius 2 is 2.13 bits per heavy atom. The molecule has 1 heterocycles. The molecule has 4 nitrogen and oxygen atoms in total. The number of H-pyrrole nitrogens is 1. The molecule has 86 valence electrons. The molecule has 2 N–H and O–H groups in total. The second kappa shape index (κ2) is 5.88. The Kier molecular flexibility index (Phi) is 4.78. The number of nitrogens with zero attached hydrogens (tertiary/aromatic N) is 2. The lowest BCUT2D eigenvalue weighted by molar-refractivity contribution is 0.349. The summed E-state index contributed by atoms with van der Waals surface area (Å²) >= 11 is 0. The molecule has 0 radical (unpaired) electrons. The van der Waals surface area contributed by atoms with Crippen molar-refractivity contribution in [3.05, 3.63) is 17.0 Å². The van der Waals surface area contributed by atoms with E-state index >= 15 is 0 Å². The maximum absolute atomic E-state index is 4.17. The number of aromatic nitrogens is 2. The number of aromatic amines is 1. The summed E-state index contributed by atoms with van der Waals surface area (Å²) in [6.45, 7) is 10.4. The molecule has 15 heavy (non-hydrogen) atoms. The zero-order chi connectivity index (χ0) is 11.3. The van der Waals surface area contributed by atoms with Crippen LogP contribution in [0.15, 0.2) is 0 Å². The van der Waals surface area contributed by atoms with Crippen molar-refractivity contribution in [2.75, 3.05) is 26.7 Å². The van der Waals surface area contributed by atoms with Gasteiger partial charge in [0.05, 0.1) is 5.69 Å². The van der Waals surface area contributed by atoms with Crippen molar-refractivity contribution < 1.29 is 0 Å². The normalized spacial score (nSPS) is 11.3. The minimum Gasteiger partial charge on any atom is -0.311 e. The fourth-order valence-corrected chi connectivity index (χ4v) is 1.48. The average molecular weight is 210 g/mol. The number of nitrogens with one attached hydrogen (secondary N) is 2. The van der Waals surface area contributed by atoms with Crippen molar-refractivity contribution in [1.29, 1.82) is 0 Å². The van der Waals surface area contributed by atoms with Gasteiger partial charge in [-0.2, -0.15) is 5.10 Å². The Morgan fingerprint density at radius 1 is 1.40 bits per heavy atom. The molecule has 0 bridgehead atoms. The molecule has 0 fully saturated rings. The summed E-state index contributed by atoms with van der Waals surface area (Å²) in [6.07, 6.45) is 0. The van der Waals surface area contributed by atoms with Crippen molar-refractivity contribution in [3.8, 4) is 0 Å². The van der Waals surface area contributed by atoms with E-state index in [-0.39, 0.29) is 0 Å². The third-order valence-corrected chi connectivity index (χ3v) is 2.79. The molecule has 0 saturated heterocycles. The van der Waals surface area contributed by atoms with Gasteiger partial charge in [-0.1, -0.05) is 6.92 Å². The second-order valence-corrected chi connectivity index (χ2v) is 3.99. The molecule has 0 atom stereocenters. The molecule has 4 heteroatoms. The van der Waals surface area contributed by atoms with Gasteiger partial charge in [-0.25, -0.2) is 0 Å². The Balaban J connectivity index is 2.26. The van der Waals surface area contributed by atoms with E-state index in [1.807, 2.05) is 6.92 Å². The Bertz CT molecular complexity index is 273. The van der Waals surface area contributed by atoms with E-state index in [0.29, 0.717) is 0 Å². The second-order valence-electron chi connectivity index (χ2n) is 3.99. The fraction of sp³-hybridized carbons (Fsp3) is 0.727. The van der Waals surface area contributed by atoms with Gasteiger partial charge in [0, 0.05) is 30.9 Å². The van der Waals surface area contributed by atoms with Crippen LogP contribution in [0.25, 0.3) is 0 Å². The van der Waals surface area contributed by atoms with Gasteiger partial charge in [0.1, 0.15) is 0 Å². The Morgan fingerprint density at radius 3 is 2.67 bits per heavy atom. The summed E-state index contributed by atoms with van der Waals surface area (Å²) in [5.41, 5.74) is 3.57. The zero-order valence-corrected chi connectivity index (χ0v) is 10.2. The molecule has 0 aliphatic heterocycles. The summed E-state index contributed by atoms with van der Waals surface area (Å²) in [5.74, 6) is 0. The van der Waals surface area contributed by atoms with Crippen LogP contribution < -0.4 is 5.32 Å². The summed E-state index contributed by atoms with van der Waals surface area (Å²) in [6, 6.07) is 0. The summed E-state index contributed by atoms with van der Waals surface area (Å²) in [7, 11) is 2.13. The molecule has 1 aromatic rings. The van der Waals surface area contributed by atoms with E-state index in [4.69, 9.17) is 0 Å². The number of hydrogen-bond acceptors (Lipinski definition) is 3. The number of hydrogen-bond donors (Lipinski definition) is 2. The molecule has 0 saturated carbocycles. The Labute approximate surface area is 92.1 Å². The van der Waals surface area contributed by atoms with Crippen molar-refractivity contribution >= 4 is 0 Å². The summed E-state index contributed by atoms with van der Waals surface area (Å²) in [4.78, 5) is 2.29. The molecule has 1 aromatic heterocycles. The third-order valence-electron chi connectivity index (χ3n) is 2.79. The van der Waals surface area contributed by atoms with Gasteiger partial charge in [0.25, 0.3) is 0 Å². The highest BCUT2D eigenvalue weighted by Gasteiger charge is 2.04. The predicted molar refractivity (Wildman–Crippen MR) is 62.9 cm³/mol. The standard InChI is InChI=1S/C11H22N4/c1-5-15(4)7-6-12-8-11-9(2)13-14-10(11)3/h12H,5-8H2,1-4H3,(H,13,14). The van der Waals surface area contributed by atoms with E-state index in [1.165, 1.54) is 11.3 Å². The molecule has 0 amide bonds. The smallest absolute Gasteiger partial charge is 0.0638 e. The van der Waals surface area contributed by atoms with E-state index in [1.54, 1.807) is 0 Å². The van der Waals surface area contributed by atoms with Gasteiger partial charge in [-0.05, 0) is 27.4 Å². The van der Waals surface area contributed by atoms with Gasteiger partial charge in [-0.3, -0.25) is 5.10 Å². The minimum atomic E-state index is 0.908. The first-order valence-electron chi connectivity index (χ1n) is 5.54. The third kappa shape index (κ3) is 3.64. The van der Waals surface area contributed by atoms with E-state index in [0.717, 1.165) is 31.9 Å². The van der Waals surface area contributed by atoms with Crippen LogP contribution in [0, 0.1) is 13.8 Å². The largest absolute Gasteiger partial charge is 0.311 e. The predicted octanol–water partition coefficient (Wildman–Crippen LogP) is 1.07. The van der Waals surface area contributed by atoms with Crippen molar-refractivity contribution in [2.24, 2.45) is 0 Å². The molecule has 1 rings (SSSR count). The number of rotatable bonds is 6. The lowest BCUT2D eigenvalue weighted by Gasteiger charge is -2.13. The maximum Gasteiger partial charge on any atom is 0.0638 e. The van der Waals surface area contributed by atoms with E-state index in [9.17, 15) is 0 Å². The van der Waals surface area contributed by atoms with Crippen molar-refractivity contribution in [1.82, 2.24) is 20.4 Å². The van der Waals surface area contributed by atoms with Crippen LogP contribution in [0.1, 0.15) is 23.9 Å². The molecule has 0 unspecified atom stereocenters. The summed E-state index contributed by atoms with van der Waals surface area (Å²) < 4.78 is 0. The van der Waals surface area contributed by atoms with Gasteiger partial charge in [-0.15, -0.1) is 0 Å². The van der Waals surface area contributed by atoms with Crippen LogP contribution in [0.5, 0.6) is 0 Å². The highest BCUT2D eigenvalue weighted by Crippen LogP contribution is 2.07. The van der Waals surface area contributed by atoms with Crippen molar-refractivity contribution in [3.63, 3.8) is 0 Å². The van der Waals surface area contributed by atoms with Gasteiger partial charge >= 0.3 is 0 Å². The monoisotopic (exact) mass is 210 g/mol. The SMILES string of the molecule is CCN(C)CCNCc1c(C)n[nH]c1C. The zero-order valence-electron chi connectivity index (χ0n) is 10.2. The van der Waals surface area contributed by atoms with Gasteiger partial charge in [0.15, 0.2) is 0 Å². The molecule has 0 aromatic carbocycles. The van der Waals surface area contributed by atoms with E-state index < -0.39 is 0 Å². The quantitative estimate of drug-likeness (QED) is 0.690. The van der Waals surface area contributed by atoms with Crippen LogP contribution >= 0.6 is 0 Å². The van der Waals surface area contributed by atoms with Crippen LogP contribution in [0.4, 0.5) is 0 Å².